The van der Waals surface area contributed by atoms with Gasteiger partial charge in [0.05, 0.1) is 6.10 Å². The van der Waals surface area contributed by atoms with E-state index in [4.69, 9.17) is 15.6 Å². The first-order chi connectivity index (χ1) is 6.92. The summed E-state index contributed by atoms with van der Waals surface area (Å²) in [5, 5.41) is 8.93. The highest BCUT2D eigenvalue weighted by Gasteiger charge is 2.31. The highest BCUT2D eigenvalue weighted by molar-refractivity contribution is 5.78. The van der Waals surface area contributed by atoms with Gasteiger partial charge >= 0.3 is 5.97 Å². The van der Waals surface area contributed by atoms with E-state index in [2.05, 4.69) is 4.90 Å². The number of carboxylic acids is 1. The van der Waals surface area contributed by atoms with Gasteiger partial charge in [0.2, 0.25) is 0 Å². The zero-order chi connectivity index (χ0) is 11.5. The number of carbonyl (C=O) groups is 1. The summed E-state index contributed by atoms with van der Waals surface area (Å²) in [5.41, 5.74) is 4.53. The van der Waals surface area contributed by atoms with E-state index in [9.17, 15) is 4.79 Å². The smallest absolute Gasteiger partial charge is 0.324 e. The third-order valence-electron chi connectivity index (χ3n) is 2.58. The van der Waals surface area contributed by atoms with Gasteiger partial charge in [0.25, 0.3) is 0 Å². The van der Waals surface area contributed by atoms with E-state index in [0.717, 1.165) is 26.1 Å². The highest BCUT2D eigenvalue weighted by atomic mass is 16.5. The molecule has 1 saturated heterocycles. The van der Waals surface area contributed by atoms with E-state index in [-0.39, 0.29) is 6.10 Å². The normalized spacial score (nSPS) is 28.1. The Bertz CT molecular complexity index is 231. The van der Waals surface area contributed by atoms with E-state index in [1.807, 2.05) is 6.92 Å². The van der Waals surface area contributed by atoms with Crippen LogP contribution in [0.1, 0.15) is 20.3 Å². The Morgan fingerprint density at radius 2 is 2.40 bits per heavy atom. The number of rotatable bonds is 3. The standard InChI is InChI=1S/C10H20N2O3/c1-8-6-12(4-3-5-15-8)7-10(2,11)9(13)14/h8H,3-7,11H2,1-2H3,(H,13,14). The second-order valence-corrected chi connectivity index (χ2v) is 4.49. The molecular weight excluding hydrogens is 196 g/mol. The van der Waals surface area contributed by atoms with Crippen molar-refractivity contribution >= 4 is 5.97 Å². The number of ether oxygens (including phenoxy) is 1. The van der Waals surface area contributed by atoms with Crippen LogP contribution in [0.3, 0.4) is 0 Å². The number of aliphatic carboxylic acids is 1. The Morgan fingerprint density at radius 3 is 3.00 bits per heavy atom. The van der Waals surface area contributed by atoms with Crippen LogP contribution in [0.4, 0.5) is 0 Å². The van der Waals surface area contributed by atoms with Crippen LogP contribution in [0, 0.1) is 0 Å². The Hall–Kier alpha value is -0.650. The molecule has 1 aliphatic heterocycles. The van der Waals surface area contributed by atoms with Gasteiger partial charge in [-0.25, -0.2) is 0 Å². The average molecular weight is 216 g/mol. The molecule has 0 bridgehead atoms. The predicted octanol–water partition coefficient (Wildman–Crippen LogP) is -0.101. The molecule has 0 aromatic carbocycles. The van der Waals surface area contributed by atoms with E-state index in [0.29, 0.717) is 6.54 Å². The second kappa shape index (κ2) is 4.92. The van der Waals surface area contributed by atoms with Crippen LogP contribution >= 0.6 is 0 Å². The molecule has 1 rings (SSSR count). The minimum Gasteiger partial charge on any atom is -0.480 e. The van der Waals surface area contributed by atoms with Gasteiger partial charge in [-0.15, -0.1) is 0 Å². The lowest BCUT2D eigenvalue weighted by Gasteiger charge is -2.29. The van der Waals surface area contributed by atoms with E-state index in [1.165, 1.54) is 0 Å². The topological polar surface area (TPSA) is 75.8 Å². The molecule has 0 amide bonds. The summed E-state index contributed by atoms with van der Waals surface area (Å²) in [5.74, 6) is -0.958. The Labute approximate surface area is 90.2 Å². The largest absolute Gasteiger partial charge is 0.480 e. The first kappa shape index (κ1) is 12.4. The molecule has 88 valence electrons. The molecule has 15 heavy (non-hydrogen) atoms. The van der Waals surface area contributed by atoms with Gasteiger partial charge in [0.1, 0.15) is 5.54 Å². The number of nitrogens with two attached hydrogens (primary N) is 1. The molecule has 0 saturated carbocycles. The van der Waals surface area contributed by atoms with Crippen molar-refractivity contribution in [2.45, 2.75) is 31.9 Å². The van der Waals surface area contributed by atoms with Crippen molar-refractivity contribution in [3.63, 3.8) is 0 Å². The van der Waals surface area contributed by atoms with Gasteiger partial charge in [0.15, 0.2) is 0 Å². The predicted molar refractivity (Wildman–Crippen MR) is 56.7 cm³/mol. The number of hydrogen-bond acceptors (Lipinski definition) is 4. The van der Waals surface area contributed by atoms with Gasteiger partial charge in [-0.1, -0.05) is 0 Å². The lowest BCUT2D eigenvalue weighted by Crippen LogP contribution is -2.54. The lowest BCUT2D eigenvalue weighted by molar-refractivity contribution is -0.143. The van der Waals surface area contributed by atoms with E-state index < -0.39 is 11.5 Å². The first-order valence-electron chi connectivity index (χ1n) is 5.28. The van der Waals surface area contributed by atoms with Crippen LogP contribution in [0.2, 0.25) is 0 Å². The molecule has 2 unspecified atom stereocenters. The van der Waals surface area contributed by atoms with Gasteiger partial charge < -0.3 is 15.6 Å². The Kier molecular flexibility index (Phi) is 4.07. The Morgan fingerprint density at radius 1 is 1.73 bits per heavy atom. The summed E-state index contributed by atoms with van der Waals surface area (Å²) in [7, 11) is 0. The van der Waals surface area contributed by atoms with Gasteiger partial charge in [-0.3, -0.25) is 9.69 Å². The van der Waals surface area contributed by atoms with Crippen molar-refractivity contribution in [3.8, 4) is 0 Å². The van der Waals surface area contributed by atoms with Crippen LogP contribution in [0.25, 0.3) is 0 Å². The van der Waals surface area contributed by atoms with Crippen LogP contribution in [-0.4, -0.2) is 53.9 Å². The fraction of sp³-hybridized carbons (Fsp3) is 0.900. The van der Waals surface area contributed by atoms with Crippen molar-refractivity contribution in [1.82, 2.24) is 4.90 Å². The maximum absolute atomic E-state index is 10.9. The quantitative estimate of drug-likeness (QED) is 0.689. The number of carboxylic acid groups (broad SMARTS) is 1. The van der Waals surface area contributed by atoms with E-state index in [1.54, 1.807) is 6.92 Å². The van der Waals surface area contributed by atoms with Crippen molar-refractivity contribution in [2.24, 2.45) is 5.73 Å². The maximum Gasteiger partial charge on any atom is 0.324 e. The third-order valence-corrected chi connectivity index (χ3v) is 2.58. The van der Waals surface area contributed by atoms with Gasteiger partial charge in [0, 0.05) is 26.2 Å². The lowest BCUT2D eigenvalue weighted by atomic mass is 10.0. The van der Waals surface area contributed by atoms with Crippen LogP contribution in [-0.2, 0) is 9.53 Å². The van der Waals surface area contributed by atoms with Crippen molar-refractivity contribution < 1.29 is 14.6 Å². The fourth-order valence-electron chi connectivity index (χ4n) is 1.76. The summed E-state index contributed by atoms with van der Waals surface area (Å²) < 4.78 is 5.48. The van der Waals surface area contributed by atoms with Crippen molar-refractivity contribution in [1.29, 1.82) is 0 Å². The number of nitrogens with zero attached hydrogens (tertiary/aromatic N) is 1. The molecule has 1 fully saturated rings. The summed E-state index contributed by atoms with van der Waals surface area (Å²) in [6.45, 7) is 6.26. The fourth-order valence-corrected chi connectivity index (χ4v) is 1.76. The molecule has 5 heteroatoms. The molecule has 2 atom stereocenters. The molecule has 0 radical (unpaired) electrons. The molecule has 0 aromatic heterocycles. The minimum atomic E-state index is -1.18. The molecule has 1 aliphatic rings. The molecule has 1 heterocycles. The zero-order valence-electron chi connectivity index (χ0n) is 9.40. The van der Waals surface area contributed by atoms with Crippen molar-refractivity contribution in [2.75, 3.05) is 26.2 Å². The SMILES string of the molecule is CC1CN(CC(C)(N)C(=O)O)CCCO1. The van der Waals surface area contributed by atoms with E-state index >= 15 is 0 Å². The summed E-state index contributed by atoms with van der Waals surface area (Å²) >= 11 is 0. The highest BCUT2D eigenvalue weighted by Crippen LogP contribution is 2.09. The van der Waals surface area contributed by atoms with Crippen LogP contribution < -0.4 is 5.73 Å². The molecular formula is C10H20N2O3. The van der Waals surface area contributed by atoms with Gasteiger partial charge in [-0.05, 0) is 20.3 Å². The molecule has 0 spiro atoms. The molecule has 5 nitrogen and oxygen atoms in total. The average Bonchev–Trinajstić information content (AvgIpc) is 2.28. The summed E-state index contributed by atoms with van der Waals surface area (Å²) in [6, 6.07) is 0. The third kappa shape index (κ3) is 3.77. The summed E-state index contributed by atoms with van der Waals surface area (Å²) in [6.07, 6.45) is 1.08. The van der Waals surface area contributed by atoms with Crippen molar-refractivity contribution in [3.05, 3.63) is 0 Å². The molecule has 0 aliphatic carbocycles. The second-order valence-electron chi connectivity index (χ2n) is 4.49. The Balaban J connectivity index is 2.52. The molecule has 3 N–H and O–H groups in total. The van der Waals surface area contributed by atoms with Crippen LogP contribution in [0.15, 0.2) is 0 Å². The monoisotopic (exact) mass is 216 g/mol. The number of hydrogen-bond donors (Lipinski definition) is 2. The first-order valence-corrected chi connectivity index (χ1v) is 5.28. The van der Waals surface area contributed by atoms with Gasteiger partial charge in [-0.2, -0.15) is 0 Å². The zero-order valence-corrected chi connectivity index (χ0v) is 9.40. The van der Waals surface area contributed by atoms with Crippen LogP contribution in [0.5, 0.6) is 0 Å². The minimum absolute atomic E-state index is 0.150. The maximum atomic E-state index is 10.9. The summed E-state index contributed by atoms with van der Waals surface area (Å²) in [4.78, 5) is 12.9. The molecule has 0 aromatic rings.